The third-order valence-corrected chi connectivity index (χ3v) is 11.3. The van der Waals surface area contributed by atoms with Crippen molar-refractivity contribution in [2.24, 2.45) is 22.2 Å². The molecule has 2 aliphatic rings. The molecule has 3 unspecified atom stereocenters. The normalized spacial score (nSPS) is 28.8. The SMILES string of the molecule is CC(C)[S+](CC(=O)C(C)(C)C)C(C)C.CC12CCC(C(S(=O)(=O)[O-])C1=O)C2(C)C. The van der Waals surface area contributed by atoms with Crippen molar-refractivity contribution in [2.75, 3.05) is 5.75 Å². The fraction of sp³-hybridized carbons (Fsp3) is 0.909. The summed E-state index contributed by atoms with van der Waals surface area (Å²) in [4.78, 5) is 23.9. The van der Waals surface area contributed by atoms with Crippen LogP contribution in [0.2, 0.25) is 0 Å². The molecule has 0 aromatic heterocycles. The standard InChI is InChI=1S/C12H25OS.C10H16O4S/c1-9(2)14(10(3)4)8-11(13)12(5,6)7;1-9(2)6-4-5-10(9,3)8(11)7(6)15(12,13)14/h9-10H,8H2,1-7H3;6-7H,4-5H2,1-3H3,(H,12,13,14)/q+1;/p-1. The fourth-order valence-electron chi connectivity index (χ4n) is 4.58. The molecule has 2 rings (SSSR count). The van der Waals surface area contributed by atoms with Crippen molar-refractivity contribution in [3.63, 3.8) is 0 Å². The van der Waals surface area contributed by atoms with Gasteiger partial charge in [0.1, 0.15) is 25.9 Å². The van der Waals surface area contributed by atoms with E-state index < -0.39 is 20.8 Å². The van der Waals surface area contributed by atoms with E-state index in [0.717, 1.165) is 5.75 Å². The summed E-state index contributed by atoms with van der Waals surface area (Å²) in [6, 6.07) is 0. The Hall–Kier alpha value is -0.400. The summed E-state index contributed by atoms with van der Waals surface area (Å²) in [6.07, 6.45) is 1.37. The van der Waals surface area contributed by atoms with Crippen molar-refractivity contribution in [3.05, 3.63) is 0 Å². The number of rotatable bonds is 5. The Morgan fingerprint density at radius 1 is 1.14 bits per heavy atom. The summed E-state index contributed by atoms with van der Waals surface area (Å²) in [5.74, 6) is 0.512. The van der Waals surface area contributed by atoms with Crippen LogP contribution in [0.15, 0.2) is 0 Å². The molecule has 0 saturated heterocycles. The largest absolute Gasteiger partial charge is 0.747 e. The summed E-state index contributed by atoms with van der Waals surface area (Å²) >= 11 is 0. The van der Waals surface area contributed by atoms with Gasteiger partial charge in [0.15, 0.2) is 17.3 Å². The lowest BCUT2D eigenvalue weighted by Crippen LogP contribution is -2.38. The highest BCUT2D eigenvalue weighted by Gasteiger charge is 2.67. The maximum atomic E-state index is 12.0. The van der Waals surface area contributed by atoms with Gasteiger partial charge in [-0.2, -0.15) is 0 Å². The van der Waals surface area contributed by atoms with Gasteiger partial charge in [-0.05, 0) is 62.8 Å². The van der Waals surface area contributed by atoms with Gasteiger partial charge >= 0.3 is 0 Å². The summed E-state index contributed by atoms with van der Waals surface area (Å²) in [7, 11) is -4.25. The molecule has 0 amide bonds. The van der Waals surface area contributed by atoms with E-state index in [2.05, 4.69) is 27.7 Å². The van der Waals surface area contributed by atoms with Gasteiger partial charge in [0.05, 0.1) is 0 Å². The van der Waals surface area contributed by atoms with Gasteiger partial charge in [-0.25, -0.2) is 8.42 Å². The Morgan fingerprint density at radius 2 is 1.59 bits per heavy atom. The molecule has 0 heterocycles. The molecule has 2 bridgehead atoms. The molecule has 2 aliphatic carbocycles. The highest BCUT2D eigenvalue weighted by Crippen LogP contribution is 2.64. The molecular formula is C22H40O5S2. The molecule has 0 aromatic carbocycles. The van der Waals surface area contributed by atoms with Gasteiger partial charge in [-0.15, -0.1) is 0 Å². The van der Waals surface area contributed by atoms with E-state index in [0.29, 0.717) is 29.1 Å². The zero-order chi connectivity index (χ0) is 23.2. The Labute approximate surface area is 180 Å². The summed E-state index contributed by atoms with van der Waals surface area (Å²) in [5, 5.41) is -0.0474. The second-order valence-corrected chi connectivity index (χ2v) is 15.5. The molecule has 29 heavy (non-hydrogen) atoms. The molecule has 0 N–H and O–H groups in total. The first kappa shape index (κ1) is 26.6. The second kappa shape index (κ2) is 8.62. The van der Waals surface area contributed by atoms with Gasteiger partial charge in [-0.3, -0.25) is 9.59 Å². The fourth-order valence-corrected chi connectivity index (χ4v) is 8.47. The van der Waals surface area contributed by atoms with Crippen molar-refractivity contribution >= 4 is 32.6 Å². The number of ketones is 2. The van der Waals surface area contributed by atoms with Crippen LogP contribution in [0.1, 0.15) is 82.1 Å². The lowest BCUT2D eigenvalue weighted by molar-refractivity contribution is -0.128. The lowest BCUT2D eigenvalue weighted by Gasteiger charge is -2.32. The average Bonchev–Trinajstić information content (AvgIpc) is 2.82. The Kier molecular flexibility index (Phi) is 7.92. The Balaban J connectivity index is 0.000000291. The molecule has 3 atom stereocenters. The predicted molar refractivity (Wildman–Crippen MR) is 120 cm³/mol. The number of carbonyl (C=O) groups excluding carboxylic acids is 2. The summed E-state index contributed by atoms with van der Waals surface area (Å²) < 4.78 is 33.3. The summed E-state index contributed by atoms with van der Waals surface area (Å²) in [6.45, 7) is 20.5. The smallest absolute Gasteiger partial charge is 0.187 e. The molecule has 2 fully saturated rings. The molecule has 170 valence electrons. The molecule has 0 aromatic rings. The highest BCUT2D eigenvalue weighted by molar-refractivity contribution is 7.98. The third-order valence-electron chi connectivity index (χ3n) is 7.13. The first-order valence-corrected chi connectivity index (χ1v) is 13.5. The molecule has 0 spiro atoms. The van der Waals surface area contributed by atoms with Crippen LogP contribution in [0, 0.1) is 22.2 Å². The second-order valence-electron chi connectivity index (χ2n) is 10.9. The van der Waals surface area contributed by atoms with E-state index >= 15 is 0 Å². The van der Waals surface area contributed by atoms with E-state index in [1.165, 1.54) is 0 Å². The van der Waals surface area contributed by atoms with Crippen LogP contribution in [0.5, 0.6) is 0 Å². The minimum absolute atomic E-state index is 0.172. The Morgan fingerprint density at radius 3 is 1.83 bits per heavy atom. The predicted octanol–water partition coefficient (Wildman–Crippen LogP) is 3.96. The maximum Gasteiger partial charge on any atom is 0.187 e. The topological polar surface area (TPSA) is 91.3 Å². The first-order chi connectivity index (χ1) is 12.8. The molecule has 0 aliphatic heterocycles. The maximum absolute atomic E-state index is 12.0. The lowest BCUT2D eigenvalue weighted by atomic mass is 9.70. The molecule has 0 radical (unpaired) electrons. The zero-order valence-corrected chi connectivity index (χ0v) is 21.4. The van der Waals surface area contributed by atoms with E-state index in [1.54, 1.807) is 6.92 Å². The van der Waals surface area contributed by atoms with Gasteiger partial charge in [0, 0.05) is 10.8 Å². The average molecular weight is 449 g/mol. The monoisotopic (exact) mass is 448 g/mol. The molecular weight excluding hydrogens is 408 g/mol. The van der Waals surface area contributed by atoms with Crippen LogP contribution in [0.25, 0.3) is 0 Å². The first-order valence-electron chi connectivity index (χ1n) is 10.5. The third kappa shape index (κ3) is 5.27. The van der Waals surface area contributed by atoms with E-state index in [-0.39, 0.29) is 33.4 Å². The van der Waals surface area contributed by atoms with Gasteiger partial charge in [-0.1, -0.05) is 41.5 Å². The summed E-state index contributed by atoms with van der Waals surface area (Å²) in [5.41, 5.74) is -1.17. The van der Waals surface area contributed by atoms with E-state index in [9.17, 15) is 22.6 Å². The number of carbonyl (C=O) groups is 2. The quantitative estimate of drug-likeness (QED) is 0.469. The minimum atomic E-state index is -4.49. The Bertz CT molecular complexity index is 723. The van der Waals surface area contributed by atoms with Crippen LogP contribution in [0.4, 0.5) is 0 Å². The van der Waals surface area contributed by atoms with Crippen molar-refractivity contribution < 1.29 is 22.6 Å². The van der Waals surface area contributed by atoms with Gasteiger partial charge in [0.2, 0.25) is 0 Å². The van der Waals surface area contributed by atoms with Gasteiger partial charge in [0.25, 0.3) is 0 Å². The van der Waals surface area contributed by atoms with Crippen molar-refractivity contribution in [1.82, 2.24) is 0 Å². The number of hydrogen-bond donors (Lipinski definition) is 0. The van der Waals surface area contributed by atoms with Gasteiger partial charge < -0.3 is 4.55 Å². The van der Waals surface area contributed by atoms with Crippen LogP contribution < -0.4 is 0 Å². The molecule has 2 saturated carbocycles. The van der Waals surface area contributed by atoms with Crippen LogP contribution >= 0.6 is 0 Å². The van der Waals surface area contributed by atoms with Crippen molar-refractivity contribution in [1.29, 1.82) is 0 Å². The van der Waals surface area contributed by atoms with Crippen molar-refractivity contribution in [3.8, 4) is 0 Å². The zero-order valence-electron chi connectivity index (χ0n) is 19.8. The molecule has 5 nitrogen and oxygen atoms in total. The number of Topliss-reactive ketones (excluding diaryl/α,β-unsaturated/α-hetero) is 2. The van der Waals surface area contributed by atoms with E-state index in [1.807, 2.05) is 34.6 Å². The van der Waals surface area contributed by atoms with E-state index in [4.69, 9.17) is 0 Å². The minimum Gasteiger partial charge on any atom is -0.747 e. The van der Waals surface area contributed by atoms with Crippen LogP contribution in [0.3, 0.4) is 0 Å². The number of fused-ring (bicyclic) bond motifs is 2. The molecule has 7 heteroatoms. The van der Waals surface area contributed by atoms with Crippen LogP contribution in [-0.4, -0.2) is 46.0 Å². The van der Waals surface area contributed by atoms with Crippen molar-refractivity contribution in [2.45, 2.75) is 97.8 Å². The number of hydrogen-bond acceptors (Lipinski definition) is 5. The highest BCUT2D eigenvalue weighted by atomic mass is 32.2. The van der Waals surface area contributed by atoms with Crippen LogP contribution in [-0.2, 0) is 30.6 Å².